The van der Waals surface area contributed by atoms with E-state index in [1.165, 1.54) is 6.21 Å². The van der Waals surface area contributed by atoms with Crippen LogP contribution in [0.3, 0.4) is 0 Å². The van der Waals surface area contributed by atoms with Crippen molar-refractivity contribution >= 4 is 34.0 Å². The van der Waals surface area contributed by atoms with Gasteiger partial charge >= 0.3 is 11.8 Å². The fourth-order valence-corrected chi connectivity index (χ4v) is 2.31. The average Bonchev–Trinajstić information content (AvgIpc) is 2.55. The maximum atomic E-state index is 11.8. The number of halogens is 1. The van der Waals surface area contributed by atoms with Gasteiger partial charge in [-0.15, -0.1) is 0 Å². The Morgan fingerprint density at radius 3 is 2.52 bits per heavy atom. The summed E-state index contributed by atoms with van der Waals surface area (Å²) in [5.41, 5.74) is 3.94. The number of nitrogens with zero attached hydrogens (tertiary/aromatic N) is 1. The molecule has 0 fully saturated rings. The largest absolute Gasteiger partial charge is 0.341 e. The minimum atomic E-state index is -0.806. The highest BCUT2D eigenvalue weighted by molar-refractivity contribution is 9.10. The number of hydrogen-bond donors (Lipinski definition) is 2. The number of rotatable bonds is 4. The van der Waals surface area contributed by atoms with Gasteiger partial charge in [-0.1, -0.05) is 58.4 Å². The van der Waals surface area contributed by atoms with Crippen molar-refractivity contribution in [3.05, 3.63) is 70.2 Å². The van der Waals surface area contributed by atoms with Gasteiger partial charge in [0.2, 0.25) is 0 Å². The van der Waals surface area contributed by atoms with Gasteiger partial charge < -0.3 is 5.32 Å². The van der Waals surface area contributed by atoms with E-state index in [-0.39, 0.29) is 6.04 Å². The quantitative estimate of drug-likeness (QED) is 0.491. The summed E-state index contributed by atoms with van der Waals surface area (Å²) in [6.45, 7) is 1.81. The third-order valence-electron chi connectivity index (χ3n) is 3.08. The molecule has 0 bridgehead atoms. The van der Waals surface area contributed by atoms with Crippen molar-refractivity contribution in [3.8, 4) is 0 Å². The summed E-state index contributed by atoms with van der Waals surface area (Å²) in [5.74, 6) is -1.54. The van der Waals surface area contributed by atoms with Crippen LogP contribution >= 0.6 is 15.9 Å². The van der Waals surface area contributed by atoms with Gasteiger partial charge in [0.25, 0.3) is 0 Å². The van der Waals surface area contributed by atoms with E-state index < -0.39 is 11.8 Å². The monoisotopic (exact) mass is 373 g/mol. The highest BCUT2D eigenvalue weighted by atomic mass is 79.9. The lowest BCUT2D eigenvalue weighted by molar-refractivity contribution is -0.139. The lowest BCUT2D eigenvalue weighted by Gasteiger charge is -2.13. The van der Waals surface area contributed by atoms with E-state index in [0.29, 0.717) is 0 Å². The molecule has 0 aliphatic rings. The molecule has 1 unspecified atom stereocenters. The number of hydrazone groups is 1. The summed E-state index contributed by atoms with van der Waals surface area (Å²) >= 11 is 3.34. The smallest absolute Gasteiger partial charge is 0.329 e. The topological polar surface area (TPSA) is 70.6 Å². The summed E-state index contributed by atoms with van der Waals surface area (Å²) in [6.07, 6.45) is 1.47. The zero-order valence-corrected chi connectivity index (χ0v) is 14.1. The van der Waals surface area contributed by atoms with Crippen LogP contribution in [0.15, 0.2) is 64.2 Å². The molecule has 0 radical (unpaired) electrons. The lowest BCUT2D eigenvalue weighted by atomic mass is 10.1. The maximum Gasteiger partial charge on any atom is 0.329 e. The Kier molecular flexibility index (Phi) is 6.05. The molecule has 2 N–H and O–H groups in total. The molecule has 6 heteroatoms. The second-order valence-corrected chi connectivity index (χ2v) is 5.78. The van der Waals surface area contributed by atoms with Crippen molar-refractivity contribution in [1.29, 1.82) is 0 Å². The van der Waals surface area contributed by atoms with E-state index in [0.717, 1.165) is 15.6 Å². The van der Waals surface area contributed by atoms with E-state index >= 15 is 0 Å². The van der Waals surface area contributed by atoms with Crippen molar-refractivity contribution in [2.45, 2.75) is 13.0 Å². The second-order valence-electron chi connectivity index (χ2n) is 4.86. The molecule has 0 aliphatic heterocycles. The maximum absolute atomic E-state index is 11.8. The minimum absolute atomic E-state index is 0.261. The highest BCUT2D eigenvalue weighted by Gasteiger charge is 2.16. The lowest BCUT2D eigenvalue weighted by Crippen LogP contribution is -2.39. The normalized spacial score (nSPS) is 11.9. The van der Waals surface area contributed by atoms with Crippen LogP contribution in [-0.4, -0.2) is 18.0 Å². The number of amides is 2. The highest BCUT2D eigenvalue weighted by Crippen LogP contribution is 2.11. The number of hydrogen-bond acceptors (Lipinski definition) is 3. The zero-order chi connectivity index (χ0) is 16.7. The number of carbonyl (C=O) groups is 2. The Labute approximate surface area is 142 Å². The fourth-order valence-electron chi connectivity index (χ4n) is 1.89. The third-order valence-corrected chi connectivity index (χ3v) is 3.58. The predicted molar refractivity (Wildman–Crippen MR) is 92.9 cm³/mol. The molecule has 118 valence electrons. The second kappa shape index (κ2) is 8.24. The Morgan fingerprint density at radius 1 is 1.09 bits per heavy atom. The first kappa shape index (κ1) is 16.9. The summed E-state index contributed by atoms with van der Waals surface area (Å²) in [6, 6.07) is 16.6. The van der Waals surface area contributed by atoms with Crippen LogP contribution in [0, 0.1) is 0 Å². The molecule has 23 heavy (non-hydrogen) atoms. The van der Waals surface area contributed by atoms with Crippen LogP contribution in [0.1, 0.15) is 24.1 Å². The molecule has 0 saturated heterocycles. The molecule has 2 rings (SSSR count). The molecule has 0 aliphatic carbocycles. The summed E-state index contributed by atoms with van der Waals surface area (Å²) < 4.78 is 0.905. The van der Waals surface area contributed by atoms with Crippen molar-refractivity contribution < 1.29 is 9.59 Å². The van der Waals surface area contributed by atoms with Crippen LogP contribution in [0.5, 0.6) is 0 Å². The molecular formula is C17H16BrN3O2. The minimum Gasteiger partial charge on any atom is -0.341 e. The van der Waals surface area contributed by atoms with Crippen molar-refractivity contribution in [2.75, 3.05) is 0 Å². The predicted octanol–water partition coefficient (Wildman–Crippen LogP) is 2.78. The Morgan fingerprint density at radius 2 is 1.83 bits per heavy atom. The van der Waals surface area contributed by atoms with Crippen molar-refractivity contribution in [1.82, 2.24) is 10.7 Å². The van der Waals surface area contributed by atoms with E-state index in [9.17, 15) is 9.59 Å². The molecule has 2 aromatic carbocycles. The third kappa shape index (κ3) is 5.34. The Balaban J connectivity index is 1.87. The van der Waals surface area contributed by atoms with Gasteiger partial charge in [0.15, 0.2) is 0 Å². The molecule has 2 aromatic rings. The first-order valence-corrected chi connectivity index (χ1v) is 7.80. The van der Waals surface area contributed by atoms with Crippen molar-refractivity contribution in [3.63, 3.8) is 0 Å². The van der Waals surface area contributed by atoms with E-state index in [2.05, 4.69) is 31.8 Å². The first-order valence-electron chi connectivity index (χ1n) is 7.00. The summed E-state index contributed by atoms with van der Waals surface area (Å²) in [7, 11) is 0. The van der Waals surface area contributed by atoms with Gasteiger partial charge in [0, 0.05) is 4.47 Å². The van der Waals surface area contributed by atoms with Crippen molar-refractivity contribution in [2.24, 2.45) is 5.10 Å². The Hall–Kier alpha value is -2.47. The molecule has 0 saturated carbocycles. The van der Waals surface area contributed by atoms with Crippen LogP contribution in [0.25, 0.3) is 0 Å². The van der Waals surface area contributed by atoms with Gasteiger partial charge in [-0.3, -0.25) is 9.59 Å². The van der Waals surface area contributed by atoms with Gasteiger partial charge in [-0.05, 0) is 30.2 Å². The van der Waals surface area contributed by atoms with E-state index in [4.69, 9.17) is 0 Å². The number of nitrogens with one attached hydrogen (secondary N) is 2. The standard InChI is InChI=1S/C17H16BrN3O2/c1-12(14-7-3-2-4-8-14)20-16(22)17(23)21-19-11-13-6-5-9-15(18)10-13/h2-12H,1H3,(H,20,22)(H,21,23)/b19-11+. The zero-order valence-electron chi connectivity index (χ0n) is 12.5. The van der Waals surface area contributed by atoms with E-state index in [1.807, 2.05) is 61.5 Å². The summed E-state index contributed by atoms with van der Waals surface area (Å²) in [4.78, 5) is 23.5. The SMILES string of the molecule is CC(NC(=O)C(=O)N/N=C/c1cccc(Br)c1)c1ccccc1. The molecule has 1 atom stereocenters. The Bertz CT molecular complexity index is 717. The van der Waals surface area contributed by atoms with Crippen LogP contribution in [-0.2, 0) is 9.59 Å². The molecule has 5 nitrogen and oxygen atoms in total. The fraction of sp³-hybridized carbons (Fsp3) is 0.118. The van der Waals surface area contributed by atoms with Gasteiger partial charge in [0.05, 0.1) is 12.3 Å². The molecule has 0 heterocycles. The molecular weight excluding hydrogens is 358 g/mol. The van der Waals surface area contributed by atoms with Gasteiger partial charge in [0.1, 0.15) is 0 Å². The van der Waals surface area contributed by atoms with Crippen LogP contribution in [0.4, 0.5) is 0 Å². The summed E-state index contributed by atoms with van der Waals surface area (Å²) in [5, 5.41) is 6.40. The van der Waals surface area contributed by atoms with Crippen LogP contribution < -0.4 is 10.7 Å². The number of carbonyl (C=O) groups excluding carboxylic acids is 2. The molecule has 2 amide bonds. The molecule has 0 spiro atoms. The van der Waals surface area contributed by atoms with E-state index in [1.54, 1.807) is 0 Å². The number of benzene rings is 2. The average molecular weight is 374 g/mol. The van der Waals surface area contributed by atoms with Gasteiger partial charge in [-0.25, -0.2) is 5.43 Å². The first-order chi connectivity index (χ1) is 11.1. The van der Waals surface area contributed by atoms with Crippen LogP contribution in [0.2, 0.25) is 0 Å². The molecule has 0 aromatic heterocycles. The van der Waals surface area contributed by atoms with Gasteiger partial charge in [-0.2, -0.15) is 5.10 Å².